The largest absolute Gasteiger partial charge is 0.280 e. The van der Waals surface area contributed by atoms with Gasteiger partial charge in [-0.05, 0) is 23.9 Å². The van der Waals surface area contributed by atoms with Crippen LogP contribution in [-0.4, -0.2) is 15.6 Å². The molecule has 0 aromatic carbocycles. The van der Waals surface area contributed by atoms with E-state index < -0.39 is 0 Å². The van der Waals surface area contributed by atoms with Crippen molar-refractivity contribution in [1.29, 1.82) is 0 Å². The lowest BCUT2D eigenvalue weighted by molar-refractivity contribution is 0.101. The standard InChI is InChI=1S/C13H11N3O2S2/c1-2-8-6-9-12(20-8)14-7-16(13(9)18)15-11(17)10-4-3-5-19-10/h3-7H,2H2,1H3,(H,15,17). The first-order valence-corrected chi connectivity index (χ1v) is 7.73. The molecule has 0 aliphatic rings. The van der Waals surface area contributed by atoms with Crippen molar-refractivity contribution >= 4 is 38.8 Å². The summed E-state index contributed by atoms with van der Waals surface area (Å²) in [6.45, 7) is 2.03. The molecule has 102 valence electrons. The fourth-order valence-electron chi connectivity index (χ4n) is 1.80. The van der Waals surface area contributed by atoms with E-state index in [1.165, 1.54) is 29.0 Å². The fourth-order valence-corrected chi connectivity index (χ4v) is 3.34. The molecule has 0 spiro atoms. The van der Waals surface area contributed by atoms with Crippen molar-refractivity contribution in [2.75, 3.05) is 5.43 Å². The first-order chi connectivity index (χ1) is 9.69. The molecule has 3 aromatic rings. The van der Waals surface area contributed by atoms with Gasteiger partial charge < -0.3 is 0 Å². The lowest BCUT2D eigenvalue weighted by atomic mass is 10.3. The number of aromatic nitrogens is 2. The predicted octanol–water partition coefficient (Wildman–Crippen LogP) is 2.47. The lowest BCUT2D eigenvalue weighted by Crippen LogP contribution is -2.32. The van der Waals surface area contributed by atoms with E-state index >= 15 is 0 Å². The molecule has 3 heterocycles. The van der Waals surface area contributed by atoms with Gasteiger partial charge in [0.15, 0.2) is 0 Å². The summed E-state index contributed by atoms with van der Waals surface area (Å²) in [6, 6.07) is 5.33. The highest BCUT2D eigenvalue weighted by atomic mass is 32.1. The summed E-state index contributed by atoms with van der Waals surface area (Å²) < 4.78 is 1.14. The zero-order valence-electron chi connectivity index (χ0n) is 10.6. The maximum absolute atomic E-state index is 12.3. The van der Waals surface area contributed by atoms with Crippen LogP contribution in [0.25, 0.3) is 10.2 Å². The van der Waals surface area contributed by atoms with Gasteiger partial charge in [0, 0.05) is 4.88 Å². The second-order valence-corrected chi connectivity index (χ2v) is 6.19. The number of carbonyl (C=O) groups is 1. The summed E-state index contributed by atoms with van der Waals surface area (Å²) in [5, 5.41) is 2.35. The maximum atomic E-state index is 12.3. The molecule has 0 unspecified atom stereocenters. The van der Waals surface area contributed by atoms with Crippen molar-refractivity contribution in [3.05, 3.63) is 50.0 Å². The number of thiophene rings is 2. The maximum Gasteiger partial charge on any atom is 0.280 e. The Hall–Kier alpha value is -1.99. The first-order valence-electron chi connectivity index (χ1n) is 6.04. The summed E-state index contributed by atoms with van der Waals surface area (Å²) in [6.07, 6.45) is 2.22. The van der Waals surface area contributed by atoms with Crippen LogP contribution >= 0.6 is 22.7 Å². The van der Waals surface area contributed by atoms with Gasteiger partial charge in [-0.3, -0.25) is 15.0 Å². The zero-order chi connectivity index (χ0) is 14.1. The summed E-state index contributed by atoms with van der Waals surface area (Å²) in [5.41, 5.74) is 2.30. The number of hydrogen-bond acceptors (Lipinski definition) is 5. The van der Waals surface area contributed by atoms with Gasteiger partial charge in [0.1, 0.15) is 11.2 Å². The molecule has 3 rings (SSSR count). The third kappa shape index (κ3) is 2.25. The molecule has 0 aliphatic carbocycles. The Labute approximate surface area is 122 Å². The summed E-state index contributed by atoms with van der Waals surface area (Å²) in [4.78, 5) is 30.8. The number of aryl methyl sites for hydroxylation is 1. The van der Waals surface area contributed by atoms with Gasteiger partial charge in [-0.25, -0.2) is 9.66 Å². The van der Waals surface area contributed by atoms with Gasteiger partial charge >= 0.3 is 0 Å². The third-order valence-electron chi connectivity index (χ3n) is 2.82. The Morgan fingerprint density at radius 1 is 1.50 bits per heavy atom. The predicted molar refractivity (Wildman–Crippen MR) is 81.3 cm³/mol. The summed E-state index contributed by atoms with van der Waals surface area (Å²) in [5.74, 6) is -0.311. The number of amides is 1. The molecule has 0 atom stereocenters. The molecule has 20 heavy (non-hydrogen) atoms. The molecule has 7 heteroatoms. The average molecular weight is 305 g/mol. The Morgan fingerprint density at radius 2 is 2.35 bits per heavy atom. The fraction of sp³-hybridized carbons (Fsp3) is 0.154. The molecule has 0 bridgehead atoms. The molecule has 0 saturated carbocycles. The highest BCUT2D eigenvalue weighted by molar-refractivity contribution is 7.18. The molecule has 0 fully saturated rings. The van der Waals surface area contributed by atoms with Crippen LogP contribution in [0.3, 0.4) is 0 Å². The van der Waals surface area contributed by atoms with Gasteiger partial charge in [0.25, 0.3) is 11.5 Å². The van der Waals surface area contributed by atoms with Crippen molar-refractivity contribution in [3.8, 4) is 0 Å². The van der Waals surface area contributed by atoms with Crippen LogP contribution in [0.5, 0.6) is 0 Å². The van der Waals surface area contributed by atoms with Gasteiger partial charge in [-0.15, -0.1) is 22.7 Å². The van der Waals surface area contributed by atoms with Crippen molar-refractivity contribution in [2.24, 2.45) is 0 Å². The van der Waals surface area contributed by atoms with Crippen LogP contribution in [0.1, 0.15) is 21.5 Å². The minimum atomic E-state index is -0.311. The lowest BCUT2D eigenvalue weighted by Gasteiger charge is -2.05. The normalized spacial score (nSPS) is 10.8. The molecular formula is C13H11N3O2S2. The Balaban J connectivity index is 1.98. The second-order valence-electron chi connectivity index (χ2n) is 4.12. The second kappa shape index (κ2) is 5.18. The van der Waals surface area contributed by atoms with E-state index in [1.54, 1.807) is 12.1 Å². The van der Waals surface area contributed by atoms with Crippen LogP contribution in [0.15, 0.2) is 34.7 Å². The number of nitrogens with zero attached hydrogens (tertiary/aromatic N) is 2. The molecule has 1 amide bonds. The highest BCUT2D eigenvalue weighted by Gasteiger charge is 2.11. The molecule has 0 aliphatic heterocycles. The van der Waals surface area contributed by atoms with Crippen molar-refractivity contribution < 1.29 is 4.79 Å². The van der Waals surface area contributed by atoms with E-state index in [0.29, 0.717) is 15.1 Å². The quantitative estimate of drug-likeness (QED) is 0.808. The minimum Gasteiger partial charge on any atom is -0.267 e. The molecule has 1 N–H and O–H groups in total. The number of nitrogens with one attached hydrogen (secondary N) is 1. The van der Waals surface area contributed by atoms with Crippen LogP contribution in [0.2, 0.25) is 0 Å². The van der Waals surface area contributed by atoms with E-state index in [4.69, 9.17) is 0 Å². The SMILES string of the molecule is CCc1cc2c(=O)n(NC(=O)c3cccs3)cnc2s1. The van der Waals surface area contributed by atoms with Crippen LogP contribution in [0.4, 0.5) is 0 Å². The molecule has 3 aromatic heterocycles. The number of carbonyl (C=O) groups excluding carboxylic acids is 1. The van der Waals surface area contributed by atoms with E-state index in [-0.39, 0.29) is 11.5 Å². The van der Waals surface area contributed by atoms with Gasteiger partial charge in [0.2, 0.25) is 0 Å². The number of rotatable bonds is 3. The van der Waals surface area contributed by atoms with E-state index in [9.17, 15) is 9.59 Å². The monoisotopic (exact) mass is 305 g/mol. The van der Waals surface area contributed by atoms with Crippen molar-refractivity contribution in [3.63, 3.8) is 0 Å². The summed E-state index contributed by atoms with van der Waals surface area (Å²) in [7, 11) is 0. The minimum absolute atomic E-state index is 0.254. The Bertz CT molecular complexity index is 818. The Kier molecular flexibility index (Phi) is 3.37. The van der Waals surface area contributed by atoms with Crippen LogP contribution in [-0.2, 0) is 6.42 Å². The van der Waals surface area contributed by atoms with Gasteiger partial charge in [-0.2, -0.15) is 0 Å². The highest BCUT2D eigenvalue weighted by Crippen LogP contribution is 2.20. The van der Waals surface area contributed by atoms with Crippen LogP contribution in [0, 0.1) is 0 Å². The first kappa shape index (κ1) is 13.0. The van der Waals surface area contributed by atoms with E-state index in [0.717, 1.165) is 16.0 Å². The molecule has 0 radical (unpaired) electrons. The number of hydrogen-bond donors (Lipinski definition) is 1. The van der Waals surface area contributed by atoms with Gasteiger partial charge in [-0.1, -0.05) is 13.0 Å². The van der Waals surface area contributed by atoms with E-state index in [1.807, 2.05) is 18.4 Å². The molecule has 0 saturated heterocycles. The van der Waals surface area contributed by atoms with Crippen molar-refractivity contribution in [1.82, 2.24) is 9.66 Å². The smallest absolute Gasteiger partial charge is 0.267 e. The van der Waals surface area contributed by atoms with Crippen molar-refractivity contribution in [2.45, 2.75) is 13.3 Å². The van der Waals surface area contributed by atoms with Crippen LogP contribution < -0.4 is 11.0 Å². The number of fused-ring (bicyclic) bond motifs is 1. The van der Waals surface area contributed by atoms with E-state index in [2.05, 4.69) is 10.4 Å². The molecular weight excluding hydrogens is 294 g/mol. The zero-order valence-corrected chi connectivity index (χ0v) is 12.3. The summed E-state index contributed by atoms with van der Waals surface area (Å²) >= 11 is 2.82. The average Bonchev–Trinajstić information content (AvgIpc) is 3.10. The Morgan fingerprint density at radius 3 is 3.05 bits per heavy atom. The molecule has 5 nitrogen and oxygen atoms in total. The topological polar surface area (TPSA) is 64.0 Å². The third-order valence-corrected chi connectivity index (χ3v) is 4.87. The van der Waals surface area contributed by atoms with Gasteiger partial charge in [0.05, 0.1) is 10.3 Å².